The Morgan fingerprint density at radius 2 is 2.05 bits per heavy atom. The van der Waals surface area contributed by atoms with E-state index in [0.29, 0.717) is 20.7 Å². The number of aromatic hydroxyl groups is 1. The van der Waals surface area contributed by atoms with Gasteiger partial charge in [-0.1, -0.05) is 17.7 Å². The van der Waals surface area contributed by atoms with E-state index in [4.69, 9.17) is 17.3 Å². The van der Waals surface area contributed by atoms with Crippen LogP contribution < -0.4 is 11.1 Å². The van der Waals surface area contributed by atoms with Crippen molar-refractivity contribution in [3.63, 3.8) is 0 Å². The molecule has 2 aromatic rings. The SMILES string of the molecule is Nc1cc(O)ccc1NC(=O)c1cccc(Br)c1Cl. The highest BCUT2D eigenvalue weighted by Crippen LogP contribution is 2.28. The number of phenols is 1. The van der Waals surface area contributed by atoms with Gasteiger partial charge in [0, 0.05) is 10.5 Å². The Balaban J connectivity index is 2.28. The molecule has 0 fully saturated rings. The summed E-state index contributed by atoms with van der Waals surface area (Å²) in [6.45, 7) is 0. The number of carbonyl (C=O) groups is 1. The molecule has 0 saturated heterocycles. The predicted octanol–water partition coefficient (Wildman–Crippen LogP) is 3.64. The summed E-state index contributed by atoms with van der Waals surface area (Å²) in [4.78, 5) is 12.1. The highest BCUT2D eigenvalue weighted by atomic mass is 79.9. The van der Waals surface area contributed by atoms with Gasteiger partial charge in [0.1, 0.15) is 5.75 Å². The molecule has 98 valence electrons. The Bertz CT molecular complexity index is 647. The van der Waals surface area contributed by atoms with Crippen LogP contribution in [0.4, 0.5) is 11.4 Å². The van der Waals surface area contributed by atoms with Gasteiger partial charge in [0.25, 0.3) is 5.91 Å². The molecule has 0 aliphatic rings. The number of anilines is 2. The van der Waals surface area contributed by atoms with Gasteiger partial charge in [-0.25, -0.2) is 0 Å². The Morgan fingerprint density at radius 3 is 2.74 bits per heavy atom. The third-order valence-corrected chi connectivity index (χ3v) is 3.78. The molecule has 0 radical (unpaired) electrons. The number of hydrogen-bond acceptors (Lipinski definition) is 3. The largest absolute Gasteiger partial charge is 0.508 e. The van der Waals surface area contributed by atoms with Crippen molar-refractivity contribution in [1.29, 1.82) is 0 Å². The minimum Gasteiger partial charge on any atom is -0.508 e. The van der Waals surface area contributed by atoms with Crippen LogP contribution >= 0.6 is 27.5 Å². The molecule has 0 saturated carbocycles. The van der Waals surface area contributed by atoms with E-state index in [2.05, 4.69) is 21.2 Å². The van der Waals surface area contributed by atoms with Gasteiger partial charge >= 0.3 is 0 Å². The van der Waals surface area contributed by atoms with Crippen LogP contribution in [0.3, 0.4) is 0 Å². The molecule has 0 heterocycles. The lowest BCUT2D eigenvalue weighted by atomic mass is 10.2. The summed E-state index contributed by atoms with van der Waals surface area (Å²) in [6, 6.07) is 9.39. The average molecular weight is 342 g/mol. The minimum absolute atomic E-state index is 0.0380. The molecule has 2 aromatic carbocycles. The van der Waals surface area contributed by atoms with E-state index in [9.17, 15) is 9.90 Å². The van der Waals surface area contributed by atoms with E-state index >= 15 is 0 Å². The molecule has 0 aromatic heterocycles. The molecular weight excluding hydrogens is 332 g/mol. The number of nitrogen functional groups attached to an aromatic ring is 1. The summed E-state index contributed by atoms with van der Waals surface area (Å²) >= 11 is 9.29. The van der Waals surface area contributed by atoms with Gasteiger partial charge in [-0.2, -0.15) is 0 Å². The molecule has 6 heteroatoms. The first-order valence-electron chi connectivity index (χ1n) is 5.33. The standard InChI is InChI=1S/C13H10BrClN2O2/c14-9-3-1-2-8(12(9)15)13(19)17-11-5-4-7(18)6-10(11)16/h1-6,18H,16H2,(H,17,19). The molecule has 2 rings (SSSR count). The van der Waals surface area contributed by atoms with Gasteiger partial charge in [-0.15, -0.1) is 0 Å². The molecule has 4 N–H and O–H groups in total. The fraction of sp³-hybridized carbons (Fsp3) is 0. The number of hydrogen-bond donors (Lipinski definition) is 3. The summed E-state index contributed by atoms with van der Waals surface area (Å²) in [5.41, 5.74) is 6.73. The number of carbonyl (C=O) groups excluding carboxylic acids is 1. The first kappa shape index (κ1) is 13.7. The third kappa shape index (κ3) is 3.00. The van der Waals surface area contributed by atoms with Crippen molar-refractivity contribution in [2.45, 2.75) is 0 Å². The van der Waals surface area contributed by atoms with Crippen LogP contribution in [0.1, 0.15) is 10.4 Å². The summed E-state index contributed by atoms with van der Waals surface area (Å²) in [5.74, 6) is -0.334. The van der Waals surface area contributed by atoms with Crippen LogP contribution in [0.15, 0.2) is 40.9 Å². The van der Waals surface area contributed by atoms with Crippen LogP contribution in [-0.2, 0) is 0 Å². The first-order chi connectivity index (χ1) is 8.99. The number of benzene rings is 2. The van der Waals surface area contributed by atoms with Gasteiger partial charge in [0.05, 0.1) is 22.0 Å². The van der Waals surface area contributed by atoms with Crippen LogP contribution in [0.2, 0.25) is 5.02 Å². The summed E-state index contributed by atoms with van der Waals surface area (Å²) in [7, 11) is 0. The van der Waals surface area contributed by atoms with Crippen LogP contribution in [0.5, 0.6) is 5.75 Å². The van der Waals surface area contributed by atoms with Crippen molar-refractivity contribution in [2.24, 2.45) is 0 Å². The van der Waals surface area contributed by atoms with Crippen molar-refractivity contribution in [3.05, 3.63) is 51.5 Å². The highest BCUT2D eigenvalue weighted by Gasteiger charge is 2.13. The second-order valence-corrected chi connectivity index (χ2v) is 5.06. The van der Waals surface area contributed by atoms with Crippen molar-refractivity contribution < 1.29 is 9.90 Å². The van der Waals surface area contributed by atoms with Crippen molar-refractivity contribution in [3.8, 4) is 5.75 Å². The van der Waals surface area contributed by atoms with Gasteiger partial charge in [-0.3, -0.25) is 4.79 Å². The second-order valence-electron chi connectivity index (χ2n) is 3.83. The number of rotatable bonds is 2. The van der Waals surface area contributed by atoms with Crippen LogP contribution in [0.25, 0.3) is 0 Å². The zero-order valence-corrected chi connectivity index (χ0v) is 12.0. The van der Waals surface area contributed by atoms with Gasteiger partial charge in [-0.05, 0) is 40.2 Å². The molecule has 0 aliphatic heterocycles. The van der Waals surface area contributed by atoms with E-state index in [0.717, 1.165) is 0 Å². The number of nitrogens with two attached hydrogens (primary N) is 1. The van der Waals surface area contributed by atoms with Gasteiger partial charge in [0.2, 0.25) is 0 Å². The average Bonchev–Trinajstić information content (AvgIpc) is 2.36. The molecule has 0 spiro atoms. The Hall–Kier alpha value is -1.72. The molecule has 19 heavy (non-hydrogen) atoms. The highest BCUT2D eigenvalue weighted by molar-refractivity contribution is 9.10. The predicted molar refractivity (Wildman–Crippen MR) is 79.6 cm³/mol. The van der Waals surface area contributed by atoms with E-state index in [1.165, 1.54) is 18.2 Å². The van der Waals surface area contributed by atoms with E-state index in [-0.39, 0.29) is 17.3 Å². The molecular formula is C13H10BrClN2O2. The maximum atomic E-state index is 12.1. The van der Waals surface area contributed by atoms with Crippen molar-refractivity contribution >= 4 is 44.8 Å². The topological polar surface area (TPSA) is 75.3 Å². The Kier molecular flexibility index (Phi) is 3.97. The third-order valence-electron chi connectivity index (χ3n) is 2.48. The summed E-state index contributed by atoms with van der Waals surface area (Å²) < 4.78 is 0.639. The quantitative estimate of drug-likeness (QED) is 0.576. The first-order valence-corrected chi connectivity index (χ1v) is 6.50. The second kappa shape index (κ2) is 5.50. The fourth-order valence-electron chi connectivity index (χ4n) is 1.53. The van der Waals surface area contributed by atoms with Gasteiger partial charge < -0.3 is 16.2 Å². The van der Waals surface area contributed by atoms with E-state index in [1.54, 1.807) is 18.2 Å². The van der Waals surface area contributed by atoms with E-state index < -0.39 is 0 Å². The minimum atomic E-state index is -0.372. The maximum absolute atomic E-state index is 12.1. The summed E-state index contributed by atoms with van der Waals surface area (Å²) in [6.07, 6.45) is 0. The molecule has 1 amide bonds. The maximum Gasteiger partial charge on any atom is 0.257 e. The lowest BCUT2D eigenvalue weighted by Gasteiger charge is -2.10. The molecule has 4 nitrogen and oxygen atoms in total. The fourth-order valence-corrected chi connectivity index (χ4v) is 2.11. The Labute approximate surface area is 123 Å². The monoisotopic (exact) mass is 340 g/mol. The lowest BCUT2D eigenvalue weighted by molar-refractivity contribution is 0.102. The molecule has 0 bridgehead atoms. The van der Waals surface area contributed by atoms with Crippen LogP contribution in [-0.4, -0.2) is 11.0 Å². The molecule has 0 atom stereocenters. The zero-order chi connectivity index (χ0) is 14.0. The normalized spacial score (nSPS) is 10.2. The van der Waals surface area contributed by atoms with Gasteiger partial charge in [0.15, 0.2) is 0 Å². The molecule has 0 aliphatic carbocycles. The lowest BCUT2D eigenvalue weighted by Crippen LogP contribution is -2.13. The van der Waals surface area contributed by atoms with E-state index in [1.807, 2.05) is 0 Å². The van der Waals surface area contributed by atoms with Crippen LogP contribution in [0, 0.1) is 0 Å². The van der Waals surface area contributed by atoms with Crippen molar-refractivity contribution in [2.75, 3.05) is 11.1 Å². The number of phenolic OH excluding ortho intramolecular Hbond substituents is 1. The smallest absolute Gasteiger partial charge is 0.257 e. The summed E-state index contributed by atoms with van der Waals surface area (Å²) in [5, 5.41) is 12.2. The number of halogens is 2. The zero-order valence-electron chi connectivity index (χ0n) is 9.65. The number of nitrogens with one attached hydrogen (secondary N) is 1. The molecule has 0 unspecified atom stereocenters. The Morgan fingerprint density at radius 1 is 1.32 bits per heavy atom. The number of amides is 1. The van der Waals surface area contributed by atoms with Crippen molar-refractivity contribution in [1.82, 2.24) is 0 Å².